The Kier molecular flexibility index (Phi) is 2.96. The van der Waals surface area contributed by atoms with Gasteiger partial charge in [-0.1, -0.05) is 0 Å². The topological polar surface area (TPSA) is 32.3 Å². The number of amides is 1. The van der Waals surface area contributed by atoms with Crippen LogP contribution in [-0.4, -0.2) is 35.0 Å². The SMILES string of the molecule is CC(C)N(C(C)C)[C@H]1C(=O)N[C@@H]1C. The molecule has 1 saturated heterocycles. The van der Waals surface area contributed by atoms with E-state index in [1.807, 2.05) is 0 Å². The first-order valence-corrected chi connectivity index (χ1v) is 5.03. The summed E-state index contributed by atoms with van der Waals surface area (Å²) in [6.07, 6.45) is 0. The highest BCUT2D eigenvalue weighted by atomic mass is 16.2. The standard InChI is InChI=1S/C10H20N2O/c1-6(2)12(7(3)4)9-8(5)11-10(9)13/h6-9H,1-5H3,(H,11,13)/t8-,9-/m1/s1. The average Bonchev–Trinajstić information content (AvgIpc) is 1.99. The van der Waals surface area contributed by atoms with Crippen molar-refractivity contribution >= 4 is 5.91 Å². The van der Waals surface area contributed by atoms with Crippen molar-refractivity contribution in [3.8, 4) is 0 Å². The third-order valence-electron chi connectivity index (χ3n) is 2.63. The van der Waals surface area contributed by atoms with Crippen molar-refractivity contribution in [3.05, 3.63) is 0 Å². The van der Waals surface area contributed by atoms with Crippen LogP contribution in [0.15, 0.2) is 0 Å². The highest BCUT2D eigenvalue weighted by molar-refractivity contribution is 5.89. The van der Waals surface area contributed by atoms with Crippen LogP contribution in [0, 0.1) is 0 Å². The van der Waals surface area contributed by atoms with Crippen molar-refractivity contribution in [1.29, 1.82) is 0 Å². The number of carbonyl (C=O) groups is 1. The molecule has 0 spiro atoms. The summed E-state index contributed by atoms with van der Waals surface area (Å²) in [5.74, 6) is 0.176. The molecule has 1 heterocycles. The Bertz CT molecular complexity index is 193. The summed E-state index contributed by atoms with van der Waals surface area (Å²) < 4.78 is 0. The number of rotatable bonds is 3. The number of hydrogen-bond donors (Lipinski definition) is 1. The molecule has 0 aromatic carbocycles. The van der Waals surface area contributed by atoms with Gasteiger partial charge in [0.05, 0.1) is 6.04 Å². The van der Waals surface area contributed by atoms with E-state index < -0.39 is 0 Å². The fraction of sp³-hybridized carbons (Fsp3) is 0.900. The Balaban J connectivity index is 2.70. The van der Waals surface area contributed by atoms with Crippen molar-refractivity contribution in [2.24, 2.45) is 0 Å². The van der Waals surface area contributed by atoms with Crippen LogP contribution in [0.25, 0.3) is 0 Å². The largest absolute Gasteiger partial charge is 0.350 e. The van der Waals surface area contributed by atoms with Crippen molar-refractivity contribution in [1.82, 2.24) is 10.2 Å². The number of nitrogens with one attached hydrogen (secondary N) is 1. The molecule has 0 radical (unpaired) electrons. The summed E-state index contributed by atoms with van der Waals surface area (Å²) >= 11 is 0. The molecule has 3 nitrogen and oxygen atoms in total. The molecule has 0 aromatic rings. The van der Waals surface area contributed by atoms with Crippen LogP contribution in [0.1, 0.15) is 34.6 Å². The van der Waals surface area contributed by atoms with E-state index in [-0.39, 0.29) is 11.9 Å². The first-order chi connectivity index (χ1) is 5.95. The van der Waals surface area contributed by atoms with Crippen LogP contribution in [-0.2, 0) is 4.79 Å². The van der Waals surface area contributed by atoms with Gasteiger partial charge in [0.2, 0.25) is 5.91 Å². The second-order valence-corrected chi connectivity index (χ2v) is 4.38. The fourth-order valence-corrected chi connectivity index (χ4v) is 2.15. The summed E-state index contributed by atoms with van der Waals surface area (Å²) in [5.41, 5.74) is 0. The van der Waals surface area contributed by atoms with Gasteiger partial charge >= 0.3 is 0 Å². The molecule has 1 fully saturated rings. The molecule has 1 aliphatic heterocycles. The van der Waals surface area contributed by atoms with E-state index in [4.69, 9.17) is 0 Å². The zero-order valence-electron chi connectivity index (χ0n) is 9.16. The molecule has 0 aliphatic carbocycles. The van der Waals surface area contributed by atoms with Gasteiger partial charge in [-0.05, 0) is 34.6 Å². The molecule has 3 heteroatoms. The molecule has 0 bridgehead atoms. The lowest BCUT2D eigenvalue weighted by atomic mass is 9.96. The van der Waals surface area contributed by atoms with Gasteiger partial charge in [0, 0.05) is 12.1 Å². The zero-order valence-corrected chi connectivity index (χ0v) is 9.16. The lowest BCUT2D eigenvalue weighted by molar-refractivity contribution is -0.139. The van der Waals surface area contributed by atoms with E-state index in [1.165, 1.54) is 0 Å². The molecule has 1 N–H and O–H groups in total. The van der Waals surface area contributed by atoms with Gasteiger partial charge in [-0.25, -0.2) is 0 Å². The van der Waals surface area contributed by atoms with Gasteiger partial charge in [0.15, 0.2) is 0 Å². The maximum atomic E-state index is 11.3. The fourth-order valence-electron chi connectivity index (χ4n) is 2.15. The van der Waals surface area contributed by atoms with E-state index in [1.54, 1.807) is 0 Å². The van der Waals surface area contributed by atoms with Gasteiger partial charge in [0.1, 0.15) is 6.04 Å². The zero-order chi connectivity index (χ0) is 10.2. The smallest absolute Gasteiger partial charge is 0.239 e. The predicted molar refractivity (Wildman–Crippen MR) is 53.5 cm³/mol. The van der Waals surface area contributed by atoms with Crippen LogP contribution < -0.4 is 5.32 Å². The van der Waals surface area contributed by atoms with Crippen molar-refractivity contribution in [2.45, 2.75) is 58.8 Å². The molecule has 0 aromatic heterocycles. The molecule has 2 atom stereocenters. The number of hydrogen-bond acceptors (Lipinski definition) is 2. The Morgan fingerprint density at radius 3 is 1.85 bits per heavy atom. The Morgan fingerprint density at radius 2 is 1.69 bits per heavy atom. The highest BCUT2D eigenvalue weighted by Crippen LogP contribution is 2.19. The van der Waals surface area contributed by atoms with Crippen LogP contribution in [0.5, 0.6) is 0 Å². The van der Waals surface area contributed by atoms with Gasteiger partial charge in [-0.2, -0.15) is 0 Å². The number of nitrogens with zero attached hydrogens (tertiary/aromatic N) is 1. The first kappa shape index (κ1) is 10.5. The van der Waals surface area contributed by atoms with Crippen LogP contribution >= 0.6 is 0 Å². The minimum Gasteiger partial charge on any atom is -0.350 e. The quantitative estimate of drug-likeness (QED) is 0.663. The molecule has 0 saturated carbocycles. The number of carbonyl (C=O) groups excluding carboxylic acids is 1. The van der Waals surface area contributed by atoms with E-state index in [9.17, 15) is 4.79 Å². The highest BCUT2D eigenvalue weighted by Gasteiger charge is 2.42. The molecular weight excluding hydrogens is 164 g/mol. The van der Waals surface area contributed by atoms with Crippen LogP contribution in [0.3, 0.4) is 0 Å². The minimum atomic E-state index is 0.0833. The van der Waals surface area contributed by atoms with E-state index in [0.29, 0.717) is 18.1 Å². The first-order valence-electron chi connectivity index (χ1n) is 5.03. The lowest BCUT2D eigenvalue weighted by Gasteiger charge is -2.46. The van der Waals surface area contributed by atoms with Gasteiger partial charge < -0.3 is 5.32 Å². The average molecular weight is 184 g/mol. The second-order valence-electron chi connectivity index (χ2n) is 4.38. The van der Waals surface area contributed by atoms with Crippen molar-refractivity contribution in [3.63, 3.8) is 0 Å². The van der Waals surface area contributed by atoms with E-state index >= 15 is 0 Å². The molecular formula is C10H20N2O. The molecule has 0 unspecified atom stereocenters. The Hall–Kier alpha value is -0.570. The summed E-state index contributed by atoms with van der Waals surface area (Å²) in [4.78, 5) is 13.6. The maximum absolute atomic E-state index is 11.3. The molecule has 1 aliphatic rings. The third kappa shape index (κ3) is 1.85. The van der Waals surface area contributed by atoms with Gasteiger partial charge in [-0.3, -0.25) is 9.69 Å². The second kappa shape index (κ2) is 3.66. The Morgan fingerprint density at radius 1 is 1.23 bits per heavy atom. The summed E-state index contributed by atoms with van der Waals surface area (Å²) in [5, 5.41) is 2.87. The lowest BCUT2D eigenvalue weighted by Crippen LogP contribution is -2.70. The molecule has 1 rings (SSSR count). The summed E-state index contributed by atoms with van der Waals surface area (Å²) in [6, 6.07) is 1.24. The van der Waals surface area contributed by atoms with Crippen molar-refractivity contribution < 1.29 is 4.79 Å². The van der Waals surface area contributed by atoms with Crippen molar-refractivity contribution in [2.75, 3.05) is 0 Å². The third-order valence-corrected chi connectivity index (χ3v) is 2.63. The van der Waals surface area contributed by atoms with Gasteiger partial charge in [0.25, 0.3) is 0 Å². The number of β-lactam (4-membered cyclic amide) rings is 1. The summed E-state index contributed by atoms with van der Waals surface area (Å²) in [6.45, 7) is 10.6. The molecule has 76 valence electrons. The van der Waals surface area contributed by atoms with Gasteiger partial charge in [-0.15, -0.1) is 0 Å². The van der Waals surface area contributed by atoms with Crippen LogP contribution in [0.2, 0.25) is 0 Å². The van der Waals surface area contributed by atoms with Crippen LogP contribution in [0.4, 0.5) is 0 Å². The Labute approximate surface area is 80.5 Å². The summed E-state index contributed by atoms with van der Waals surface area (Å²) in [7, 11) is 0. The van der Waals surface area contributed by atoms with E-state index in [2.05, 4.69) is 44.8 Å². The maximum Gasteiger partial charge on any atom is 0.239 e. The predicted octanol–water partition coefficient (Wildman–Crippen LogP) is 0.992. The normalized spacial score (nSPS) is 28.2. The molecule has 1 amide bonds. The molecule has 13 heavy (non-hydrogen) atoms. The minimum absolute atomic E-state index is 0.0833. The van der Waals surface area contributed by atoms with E-state index in [0.717, 1.165) is 0 Å². The monoisotopic (exact) mass is 184 g/mol.